The van der Waals surface area contributed by atoms with Gasteiger partial charge in [-0.15, -0.1) is 0 Å². The predicted molar refractivity (Wildman–Crippen MR) is 60.4 cm³/mol. The van der Waals surface area contributed by atoms with E-state index in [2.05, 4.69) is 23.5 Å². The predicted octanol–water partition coefficient (Wildman–Crippen LogP) is 1.45. The van der Waals surface area contributed by atoms with Crippen LogP contribution in [0.4, 0.5) is 0 Å². The molecular weight excluding hydrogens is 200 g/mol. The van der Waals surface area contributed by atoms with Gasteiger partial charge in [0.05, 0.1) is 18.6 Å². The van der Waals surface area contributed by atoms with Gasteiger partial charge in [-0.1, -0.05) is 12.1 Å². The van der Waals surface area contributed by atoms with Crippen molar-refractivity contribution in [2.75, 3.05) is 19.7 Å². The average Bonchev–Trinajstić information content (AvgIpc) is 2.96. The number of nitriles is 1. The van der Waals surface area contributed by atoms with Crippen LogP contribution in [-0.2, 0) is 6.42 Å². The SMILES string of the molecule is N#C[C@H]1CNC[C@H]1c1ccc2c(c1)CCO2. The van der Waals surface area contributed by atoms with Crippen molar-refractivity contribution in [3.8, 4) is 11.8 Å². The van der Waals surface area contributed by atoms with Crippen LogP contribution in [0.2, 0.25) is 0 Å². The molecule has 2 aliphatic heterocycles. The minimum atomic E-state index is 0.111. The minimum absolute atomic E-state index is 0.111. The number of fused-ring (bicyclic) bond motifs is 1. The summed E-state index contributed by atoms with van der Waals surface area (Å²) in [6.07, 6.45) is 1.00. The molecule has 1 aromatic carbocycles. The summed E-state index contributed by atoms with van der Waals surface area (Å²) in [5.41, 5.74) is 2.57. The number of hydrogen-bond acceptors (Lipinski definition) is 3. The number of nitrogens with one attached hydrogen (secondary N) is 1. The molecule has 0 aromatic heterocycles. The van der Waals surface area contributed by atoms with E-state index >= 15 is 0 Å². The van der Waals surface area contributed by atoms with Crippen molar-refractivity contribution in [2.45, 2.75) is 12.3 Å². The molecule has 3 heteroatoms. The summed E-state index contributed by atoms with van der Waals surface area (Å²) in [6, 6.07) is 8.75. The Labute approximate surface area is 95.0 Å². The molecule has 1 N–H and O–H groups in total. The molecule has 0 amide bonds. The van der Waals surface area contributed by atoms with Crippen LogP contribution in [0.25, 0.3) is 0 Å². The Morgan fingerprint density at radius 1 is 1.38 bits per heavy atom. The molecule has 1 fully saturated rings. The lowest BCUT2D eigenvalue weighted by Gasteiger charge is -2.13. The van der Waals surface area contributed by atoms with Gasteiger partial charge in [0.2, 0.25) is 0 Å². The molecule has 2 atom stereocenters. The summed E-state index contributed by atoms with van der Waals surface area (Å²) < 4.78 is 5.49. The summed E-state index contributed by atoms with van der Waals surface area (Å²) in [4.78, 5) is 0. The van der Waals surface area contributed by atoms with Crippen LogP contribution in [0, 0.1) is 17.2 Å². The molecule has 0 spiro atoms. The minimum Gasteiger partial charge on any atom is -0.493 e. The van der Waals surface area contributed by atoms with Crippen LogP contribution in [0.15, 0.2) is 18.2 Å². The van der Waals surface area contributed by atoms with Crippen LogP contribution >= 0.6 is 0 Å². The Morgan fingerprint density at radius 3 is 3.19 bits per heavy atom. The van der Waals surface area contributed by atoms with Crippen molar-refractivity contribution < 1.29 is 4.74 Å². The van der Waals surface area contributed by atoms with Gasteiger partial charge in [0.1, 0.15) is 5.75 Å². The van der Waals surface area contributed by atoms with Crippen LogP contribution in [0.3, 0.4) is 0 Å². The maximum atomic E-state index is 9.08. The molecule has 0 aliphatic carbocycles. The highest BCUT2D eigenvalue weighted by molar-refractivity contribution is 5.41. The Morgan fingerprint density at radius 2 is 2.31 bits per heavy atom. The monoisotopic (exact) mass is 214 g/mol. The summed E-state index contributed by atoms with van der Waals surface area (Å²) >= 11 is 0. The third kappa shape index (κ3) is 1.46. The van der Waals surface area contributed by atoms with Gasteiger partial charge in [0, 0.05) is 25.4 Å². The molecule has 1 saturated heterocycles. The van der Waals surface area contributed by atoms with E-state index in [9.17, 15) is 0 Å². The maximum Gasteiger partial charge on any atom is 0.122 e. The third-order valence-corrected chi connectivity index (χ3v) is 3.52. The topological polar surface area (TPSA) is 45.0 Å². The first-order valence-electron chi connectivity index (χ1n) is 5.74. The second kappa shape index (κ2) is 3.80. The molecule has 0 radical (unpaired) electrons. The lowest BCUT2D eigenvalue weighted by Crippen LogP contribution is -2.08. The van der Waals surface area contributed by atoms with Gasteiger partial charge >= 0.3 is 0 Å². The van der Waals surface area contributed by atoms with E-state index in [0.29, 0.717) is 5.92 Å². The summed E-state index contributed by atoms with van der Waals surface area (Å²) in [7, 11) is 0. The van der Waals surface area contributed by atoms with Crippen molar-refractivity contribution in [3.63, 3.8) is 0 Å². The normalized spacial score (nSPS) is 27.2. The van der Waals surface area contributed by atoms with Crippen LogP contribution in [0.5, 0.6) is 5.75 Å². The Balaban J connectivity index is 1.92. The first-order chi connectivity index (χ1) is 7.88. The fourth-order valence-corrected chi connectivity index (χ4v) is 2.60. The number of hydrogen-bond donors (Lipinski definition) is 1. The fourth-order valence-electron chi connectivity index (χ4n) is 2.60. The van der Waals surface area contributed by atoms with Gasteiger partial charge in [-0.2, -0.15) is 5.26 Å². The zero-order chi connectivity index (χ0) is 11.0. The smallest absolute Gasteiger partial charge is 0.122 e. The average molecular weight is 214 g/mol. The van der Waals surface area contributed by atoms with Gasteiger partial charge in [0.25, 0.3) is 0 Å². The van der Waals surface area contributed by atoms with E-state index in [0.717, 1.165) is 31.9 Å². The molecule has 0 saturated carbocycles. The second-order valence-corrected chi connectivity index (χ2v) is 4.47. The first-order valence-corrected chi connectivity index (χ1v) is 5.74. The molecular formula is C13H14N2O. The number of ether oxygens (including phenoxy) is 1. The van der Waals surface area contributed by atoms with Crippen molar-refractivity contribution >= 4 is 0 Å². The standard InChI is InChI=1S/C13H14N2O/c14-6-11-7-15-8-12(11)9-1-2-13-10(5-9)3-4-16-13/h1-2,5,11-12,15H,3-4,7-8H2/t11-,12-/m0/s1. The van der Waals surface area contributed by atoms with Crippen LogP contribution in [0.1, 0.15) is 17.0 Å². The summed E-state index contributed by atoms with van der Waals surface area (Å²) in [6.45, 7) is 2.52. The molecule has 1 aromatic rings. The van der Waals surface area contributed by atoms with Gasteiger partial charge in [-0.25, -0.2) is 0 Å². The number of rotatable bonds is 1. The largest absolute Gasteiger partial charge is 0.493 e. The highest BCUT2D eigenvalue weighted by Gasteiger charge is 2.29. The van der Waals surface area contributed by atoms with E-state index in [4.69, 9.17) is 10.00 Å². The lowest BCUT2D eigenvalue weighted by molar-refractivity contribution is 0.357. The van der Waals surface area contributed by atoms with Crippen LogP contribution in [-0.4, -0.2) is 19.7 Å². The molecule has 16 heavy (non-hydrogen) atoms. The molecule has 2 heterocycles. The first kappa shape index (κ1) is 9.68. The van der Waals surface area contributed by atoms with Crippen molar-refractivity contribution in [1.29, 1.82) is 5.26 Å². The van der Waals surface area contributed by atoms with E-state index in [1.165, 1.54) is 11.1 Å². The van der Waals surface area contributed by atoms with Gasteiger partial charge in [-0.3, -0.25) is 0 Å². The molecule has 0 unspecified atom stereocenters. The zero-order valence-electron chi connectivity index (χ0n) is 9.07. The lowest BCUT2D eigenvalue weighted by atomic mass is 9.89. The Hall–Kier alpha value is -1.53. The van der Waals surface area contributed by atoms with Crippen LogP contribution < -0.4 is 10.1 Å². The van der Waals surface area contributed by atoms with Gasteiger partial charge in [0.15, 0.2) is 0 Å². The molecule has 3 nitrogen and oxygen atoms in total. The Bertz CT molecular complexity index is 450. The molecule has 2 aliphatic rings. The van der Waals surface area contributed by atoms with Gasteiger partial charge < -0.3 is 10.1 Å². The van der Waals surface area contributed by atoms with E-state index in [1.54, 1.807) is 0 Å². The zero-order valence-corrected chi connectivity index (χ0v) is 9.07. The third-order valence-electron chi connectivity index (χ3n) is 3.52. The molecule has 82 valence electrons. The van der Waals surface area contributed by atoms with Crippen molar-refractivity contribution in [1.82, 2.24) is 5.32 Å². The van der Waals surface area contributed by atoms with Crippen molar-refractivity contribution in [2.24, 2.45) is 5.92 Å². The highest BCUT2D eigenvalue weighted by atomic mass is 16.5. The quantitative estimate of drug-likeness (QED) is 0.769. The summed E-state index contributed by atoms with van der Waals surface area (Å²) in [5, 5.41) is 12.4. The number of benzene rings is 1. The fraction of sp³-hybridized carbons (Fsp3) is 0.462. The van der Waals surface area contributed by atoms with E-state index in [1.807, 2.05) is 6.07 Å². The molecule has 3 rings (SSSR count). The van der Waals surface area contributed by atoms with E-state index in [-0.39, 0.29) is 5.92 Å². The highest BCUT2D eigenvalue weighted by Crippen LogP contribution is 2.33. The number of nitrogens with zero attached hydrogens (tertiary/aromatic N) is 1. The van der Waals surface area contributed by atoms with Crippen molar-refractivity contribution in [3.05, 3.63) is 29.3 Å². The van der Waals surface area contributed by atoms with Gasteiger partial charge in [-0.05, 0) is 17.2 Å². The second-order valence-electron chi connectivity index (χ2n) is 4.47. The van der Waals surface area contributed by atoms with E-state index < -0.39 is 0 Å². The Kier molecular flexibility index (Phi) is 2.30. The molecule has 0 bridgehead atoms. The summed E-state index contributed by atoms with van der Waals surface area (Å²) in [5.74, 6) is 1.47. The maximum absolute atomic E-state index is 9.08.